The SMILES string of the molecule is Cc1c(C(=O)Nc2ccc(F)c(C#N)c2)c2n(c1C(F)(F)C(=O)NC(C)(C)C)CCCC2. The van der Waals surface area contributed by atoms with Crippen molar-refractivity contribution < 1.29 is 22.8 Å². The van der Waals surface area contributed by atoms with E-state index in [2.05, 4.69) is 10.6 Å². The zero-order chi connectivity index (χ0) is 23.8. The van der Waals surface area contributed by atoms with E-state index in [0.717, 1.165) is 12.5 Å². The molecule has 1 aliphatic heterocycles. The Balaban J connectivity index is 2.05. The van der Waals surface area contributed by atoms with Crippen LogP contribution in [0.5, 0.6) is 0 Å². The van der Waals surface area contributed by atoms with E-state index in [4.69, 9.17) is 5.26 Å². The highest BCUT2D eigenvalue weighted by Gasteiger charge is 2.48. The molecule has 2 amide bonds. The minimum Gasteiger partial charge on any atom is -0.346 e. The van der Waals surface area contributed by atoms with Crippen LogP contribution in [0, 0.1) is 24.1 Å². The van der Waals surface area contributed by atoms with Crippen molar-refractivity contribution in [2.45, 2.75) is 65.0 Å². The van der Waals surface area contributed by atoms with E-state index in [1.807, 2.05) is 0 Å². The summed E-state index contributed by atoms with van der Waals surface area (Å²) in [5, 5.41) is 13.9. The van der Waals surface area contributed by atoms with Crippen molar-refractivity contribution in [2.24, 2.45) is 0 Å². The van der Waals surface area contributed by atoms with Gasteiger partial charge in [0.1, 0.15) is 17.6 Å². The first-order valence-corrected chi connectivity index (χ1v) is 10.3. The van der Waals surface area contributed by atoms with Crippen LogP contribution in [-0.2, 0) is 23.7 Å². The number of fused-ring (bicyclic) bond motifs is 1. The average Bonchev–Trinajstić information content (AvgIpc) is 3.00. The number of carbonyl (C=O) groups excluding carboxylic acids is 2. The molecule has 32 heavy (non-hydrogen) atoms. The predicted octanol–water partition coefficient (Wildman–Crippen LogP) is 4.40. The standard InChI is InChI=1S/C23H25F3N4O2/c1-13-18(20(31)28-15-8-9-16(24)14(11-15)12-27)17-7-5-6-10-30(17)19(13)23(25,26)21(32)29-22(2,3)4/h8-9,11H,5-7,10H2,1-4H3,(H,28,31)(H,29,32). The van der Waals surface area contributed by atoms with Crippen LogP contribution in [0.3, 0.4) is 0 Å². The van der Waals surface area contributed by atoms with Crippen LogP contribution in [-0.4, -0.2) is 21.9 Å². The number of alkyl halides is 2. The van der Waals surface area contributed by atoms with Gasteiger partial charge < -0.3 is 15.2 Å². The van der Waals surface area contributed by atoms with Crippen LogP contribution >= 0.6 is 0 Å². The van der Waals surface area contributed by atoms with Gasteiger partial charge >= 0.3 is 5.92 Å². The minimum absolute atomic E-state index is 0.0241. The summed E-state index contributed by atoms with van der Waals surface area (Å²) < 4.78 is 45.6. The second-order valence-corrected chi connectivity index (χ2v) is 8.94. The third-order valence-corrected chi connectivity index (χ3v) is 5.30. The van der Waals surface area contributed by atoms with Gasteiger partial charge in [0.05, 0.1) is 11.1 Å². The maximum Gasteiger partial charge on any atom is 0.364 e. The molecule has 0 saturated carbocycles. The summed E-state index contributed by atoms with van der Waals surface area (Å²) in [5.74, 6) is -6.65. The van der Waals surface area contributed by atoms with Gasteiger partial charge in [-0.25, -0.2) is 4.39 Å². The normalized spacial score (nSPS) is 13.8. The van der Waals surface area contributed by atoms with Crippen molar-refractivity contribution in [1.82, 2.24) is 9.88 Å². The summed E-state index contributed by atoms with van der Waals surface area (Å²) in [6.07, 6.45) is 1.78. The number of halogens is 3. The fourth-order valence-corrected chi connectivity index (χ4v) is 3.99. The molecule has 0 radical (unpaired) electrons. The van der Waals surface area contributed by atoms with E-state index in [1.165, 1.54) is 23.6 Å². The summed E-state index contributed by atoms with van der Waals surface area (Å²) in [5.41, 5.74) is -0.885. The molecule has 0 unspecified atom stereocenters. The van der Waals surface area contributed by atoms with Crippen LogP contribution in [0.15, 0.2) is 18.2 Å². The van der Waals surface area contributed by atoms with Crippen LogP contribution in [0.25, 0.3) is 0 Å². The Bertz CT molecular complexity index is 1120. The minimum atomic E-state index is -3.84. The van der Waals surface area contributed by atoms with Gasteiger partial charge in [0.2, 0.25) is 0 Å². The van der Waals surface area contributed by atoms with Crippen LogP contribution in [0.4, 0.5) is 18.9 Å². The molecule has 6 nitrogen and oxygen atoms in total. The monoisotopic (exact) mass is 446 g/mol. The molecular weight excluding hydrogens is 421 g/mol. The number of hydrogen-bond acceptors (Lipinski definition) is 3. The fraction of sp³-hybridized carbons (Fsp3) is 0.435. The quantitative estimate of drug-likeness (QED) is 0.730. The lowest BCUT2D eigenvalue weighted by molar-refractivity contribution is -0.149. The van der Waals surface area contributed by atoms with E-state index < -0.39 is 34.8 Å². The van der Waals surface area contributed by atoms with Crippen LogP contribution < -0.4 is 10.6 Å². The van der Waals surface area contributed by atoms with Crippen LogP contribution in [0.2, 0.25) is 0 Å². The highest BCUT2D eigenvalue weighted by Crippen LogP contribution is 2.38. The van der Waals surface area contributed by atoms with E-state index in [1.54, 1.807) is 26.8 Å². The summed E-state index contributed by atoms with van der Waals surface area (Å²) >= 11 is 0. The molecule has 3 rings (SSSR count). The Morgan fingerprint density at radius 3 is 2.50 bits per heavy atom. The van der Waals surface area contributed by atoms with E-state index in [9.17, 15) is 14.0 Å². The zero-order valence-corrected chi connectivity index (χ0v) is 18.4. The van der Waals surface area contributed by atoms with Crippen molar-refractivity contribution >= 4 is 17.5 Å². The van der Waals surface area contributed by atoms with E-state index >= 15 is 8.78 Å². The van der Waals surface area contributed by atoms with Gasteiger partial charge in [0, 0.05) is 23.5 Å². The summed E-state index contributed by atoms with van der Waals surface area (Å²) in [6, 6.07) is 5.21. The maximum absolute atomic E-state index is 15.3. The molecule has 0 bridgehead atoms. The molecule has 0 saturated heterocycles. The van der Waals surface area contributed by atoms with Gasteiger partial charge in [0.15, 0.2) is 0 Å². The van der Waals surface area contributed by atoms with Crippen molar-refractivity contribution in [3.63, 3.8) is 0 Å². The molecule has 9 heteroatoms. The molecule has 1 aromatic heterocycles. The van der Waals surface area contributed by atoms with Crippen LogP contribution in [0.1, 0.15) is 66.5 Å². The smallest absolute Gasteiger partial charge is 0.346 e. The summed E-state index contributed by atoms with van der Waals surface area (Å²) in [7, 11) is 0. The molecule has 170 valence electrons. The highest BCUT2D eigenvalue weighted by molar-refractivity contribution is 6.07. The zero-order valence-electron chi connectivity index (χ0n) is 18.4. The molecule has 2 aromatic rings. The number of anilines is 1. The Morgan fingerprint density at radius 2 is 1.88 bits per heavy atom. The van der Waals surface area contributed by atoms with Gasteiger partial charge in [-0.05, 0) is 70.7 Å². The number of carbonyl (C=O) groups is 2. The fourth-order valence-electron chi connectivity index (χ4n) is 3.99. The highest BCUT2D eigenvalue weighted by atomic mass is 19.3. The number of nitrogens with zero attached hydrogens (tertiary/aromatic N) is 2. The van der Waals surface area contributed by atoms with E-state index in [0.29, 0.717) is 18.5 Å². The lowest BCUT2D eigenvalue weighted by Crippen LogP contribution is -2.48. The third kappa shape index (κ3) is 4.35. The lowest BCUT2D eigenvalue weighted by atomic mass is 10.0. The average molecular weight is 446 g/mol. The lowest BCUT2D eigenvalue weighted by Gasteiger charge is -2.27. The molecule has 0 aliphatic carbocycles. The molecule has 2 heterocycles. The maximum atomic E-state index is 15.3. The van der Waals surface area contributed by atoms with Gasteiger partial charge in [-0.3, -0.25) is 9.59 Å². The number of hydrogen-bond donors (Lipinski definition) is 2. The first-order valence-electron chi connectivity index (χ1n) is 10.3. The van der Waals surface area contributed by atoms with E-state index in [-0.39, 0.29) is 28.9 Å². The van der Waals surface area contributed by atoms with Crippen molar-refractivity contribution in [1.29, 1.82) is 5.26 Å². The van der Waals surface area contributed by atoms with Gasteiger partial charge in [0.25, 0.3) is 11.8 Å². The Labute approximate surface area is 184 Å². The Kier molecular flexibility index (Phi) is 6.09. The Hall–Kier alpha value is -3.28. The predicted molar refractivity (Wildman–Crippen MR) is 113 cm³/mol. The molecule has 0 spiro atoms. The number of aromatic nitrogens is 1. The first-order chi connectivity index (χ1) is 14.9. The number of nitriles is 1. The Morgan fingerprint density at radius 1 is 1.19 bits per heavy atom. The second-order valence-electron chi connectivity index (χ2n) is 8.94. The number of nitrogens with one attached hydrogen (secondary N) is 2. The number of benzene rings is 1. The molecule has 1 aromatic carbocycles. The molecule has 1 aliphatic rings. The van der Waals surface area contributed by atoms with Crippen molar-refractivity contribution in [3.05, 3.63) is 52.1 Å². The first kappa shape index (κ1) is 23.4. The summed E-state index contributed by atoms with van der Waals surface area (Å²) in [4.78, 5) is 25.5. The molecule has 2 N–H and O–H groups in total. The largest absolute Gasteiger partial charge is 0.364 e. The van der Waals surface area contributed by atoms with Crippen molar-refractivity contribution in [2.75, 3.05) is 5.32 Å². The van der Waals surface area contributed by atoms with Gasteiger partial charge in [-0.2, -0.15) is 14.0 Å². The number of amides is 2. The summed E-state index contributed by atoms with van der Waals surface area (Å²) in [6.45, 7) is 6.50. The molecule has 0 atom stereocenters. The van der Waals surface area contributed by atoms with Gasteiger partial charge in [-0.15, -0.1) is 0 Å². The number of rotatable bonds is 4. The molecular formula is C23H25F3N4O2. The van der Waals surface area contributed by atoms with Crippen molar-refractivity contribution in [3.8, 4) is 6.07 Å². The van der Waals surface area contributed by atoms with Gasteiger partial charge in [-0.1, -0.05) is 0 Å². The topological polar surface area (TPSA) is 86.9 Å². The molecule has 0 fully saturated rings. The second kappa shape index (κ2) is 8.34. The third-order valence-electron chi connectivity index (χ3n) is 5.30.